The number of benzene rings is 8. The largest absolute Gasteiger partial charge is 0.456 e. The molecule has 0 amide bonds. The van der Waals surface area contributed by atoms with Gasteiger partial charge in [0, 0.05) is 60.9 Å². The molecule has 0 saturated carbocycles. The lowest BCUT2D eigenvalue weighted by atomic mass is 10.00. The lowest BCUT2D eigenvalue weighted by molar-refractivity contribution is 0.669. The number of rotatable bonds is 3. The normalized spacial score (nSPS) is 11.7. The summed E-state index contributed by atoms with van der Waals surface area (Å²) in [4.78, 5) is 0. The summed E-state index contributed by atoms with van der Waals surface area (Å²) in [5, 5.41) is 37.9. The Morgan fingerprint density at radius 2 is 0.879 bits per heavy atom. The molecule has 0 spiro atoms. The lowest BCUT2D eigenvalue weighted by Crippen LogP contribution is -1.98. The summed E-state index contributed by atoms with van der Waals surface area (Å²) >= 11 is 0. The van der Waals surface area contributed by atoms with Crippen LogP contribution in [-0.4, -0.2) is 9.13 Å². The van der Waals surface area contributed by atoms with Crippen molar-refractivity contribution in [2.75, 3.05) is 0 Å². The molecule has 266 valence electrons. The first kappa shape index (κ1) is 31.7. The van der Waals surface area contributed by atoms with E-state index in [1.807, 2.05) is 66.7 Å². The number of fused-ring (bicyclic) bond motifs is 12. The highest BCUT2D eigenvalue weighted by molar-refractivity contribution is 6.20. The molecule has 58 heavy (non-hydrogen) atoms. The zero-order valence-electron chi connectivity index (χ0n) is 30.5. The van der Waals surface area contributed by atoms with Crippen LogP contribution in [0.25, 0.3) is 110 Å². The molecule has 7 heteroatoms. The summed E-state index contributed by atoms with van der Waals surface area (Å²) in [5.74, 6) is 0. The predicted octanol–water partition coefficient (Wildman–Crippen LogP) is 13.0. The quantitative estimate of drug-likeness (QED) is 0.179. The van der Waals surface area contributed by atoms with Crippen molar-refractivity contribution in [1.82, 2.24) is 9.13 Å². The molecule has 7 nitrogen and oxygen atoms in total. The zero-order chi connectivity index (χ0) is 38.6. The van der Waals surface area contributed by atoms with Crippen LogP contribution in [0.3, 0.4) is 0 Å². The van der Waals surface area contributed by atoms with Gasteiger partial charge in [0.2, 0.25) is 0 Å². The van der Waals surface area contributed by atoms with Gasteiger partial charge in [-0.2, -0.15) is 15.8 Å². The molecule has 0 unspecified atom stereocenters. The standard InChI is InChI=1S/C51H25N5O2/c52-26-29-9-14-34(15-10-29)55-44-17-12-31(20-37(44)39-22-41-35-5-1-3-7-48(35)57-50(41)24-46(39)55)32-13-18-45-38(21-32)40-23-42-36-6-2-4-8-49(36)58-51(42)25-47(40)56(45)43-16-11-30(27-53)19-33(43)28-54/h1-25H. The van der Waals surface area contributed by atoms with Crippen molar-refractivity contribution in [1.29, 1.82) is 15.8 Å². The smallest absolute Gasteiger partial charge is 0.137 e. The average Bonchev–Trinajstić information content (AvgIpc) is 4.01. The number of furan rings is 2. The Kier molecular flexibility index (Phi) is 6.41. The Morgan fingerprint density at radius 1 is 0.362 bits per heavy atom. The minimum absolute atomic E-state index is 0.412. The first-order valence-corrected chi connectivity index (χ1v) is 18.8. The minimum Gasteiger partial charge on any atom is -0.456 e. The molecule has 0 radical (unpaired) electrons. The molecule has 0 aliphatic heterocycles. The summed E-state index contributed by atoms with van der Waals surface area (Å²) in [7, 11) is 0. The van der Waals surface area contributed by atoms with Gasteiger partial charge in [0.05, 0.1) is 56.6 Å². The van der Waals surface area contributed by atoms with Crippen LogP contribution in [0.2, 0.25) is 0 Å². The first-order chi connectivity index (χ1) is 28.6. The van der Waals surface area contributed by atoms with E-state index in [-0.39, 0.29) is 0 Å². The second kappa shape index (κ2) is 11.7. The van der Waals surface area contributed by atoms with Gasteiger partial charge in [0.15, 0.2) is 0 Å². The molecular weight excluding hydrogens is 715 g/mol. The van der Waals surface area contributed by atoms with Crippen LogP contribution in [0.5, 0.6) is 0 Å². The number of hydrogen-bond acceptors (Lipinski definition) is 5. The van der Waals surface area contributed by atoms with Gasteiger partial charge in [0.25, 0.3) is 0 Å². The van der Waals surface area contributed by atoms with E-state index in [2.05, 4.69) is 100 Å². The third kappa shape index (κ3) is 4.40. The summed E-state index contributed by atoms with van der Waals surface area (Å²) in [5.41, 5.74) is 12.3. The Hall–Kier alpha value is -8.57. The summed E-state index contributed by atoms with van der Waals surface area (Å²) < 4.78 is 17.1. The Bertz CT molecular complexity index is 3890. The molecule has 0 aliphatic carbocycles. The highest BCUT2D eigenvalue weighted by Gasteiger charge is 2.21. The van der Waals surface area contributed by atoms with Crippen molar-refractivity contribution < 1.29 is 8.83 Å². The highest BCUT2D eigenvalue weighted by atomic mass is 16.3. The molecule has 8 aromatic carbocycles. The predicted molar refractivity (Wildman–Crippen MR) is 229 cm³/mol. The topological polar surface area (TPSA) is 108 Å². The second-order valence-corrected chi connectivity index (χ2v) is 14.7. The van der Waals surface area contributed by atoms with E-state index in [1.165, 1.54) is 0 Å². The maximum Gasteiger partial charge on any atom is 0.137 e. The third-order valence-electron chi connectivity index (χ3n) is 11.6. The maximum absolute atomic E-state index is 10.3. The number of nitrogens with zero attached hydrogens (tertiary/aromatic N) is 5. The fourth-order valence-corrected chi connectivity index (χ4v) is 8.95. The van der Waals surface area contributed by atoms with Crippen molar-refractivity contribution in [3.63, 3.8) is 0 Å². The fourth-order valence-electron chi connectivity index (χ4n) is 8.95. The van der Waals surface area contributed by atoms with E-state index in [0.717, 1.165) is 104 Å². The number of hydrogen-bond donors (Lipinski definition) is 0. The molecular formula is C51H25N5O2. The molecule has 0 bridgehead atoms. The van der Waals surface area contributed by atoms with Gasteiger partial charge in [-0.1, -0.05) is 48.5 Å². The van der Waals surface area contributed by atoms with Crippen LogP contribution in [0.4, 0.5) is 0 Å². The molecule has 4 aromatic heterocycles. The lowest BCUT2D eigenvalue weighted by Gasteiger charge is -2.11. The molecule has 4 heterocycles. The van der Waals surface area contributed by atoms with Crippen molar-refractivity contribution in [3.8, 4) is 40.7 Å². The molecule has 0 saturated heterocycles. The van der Waals surface area contributed by atoms with Crippen LogP contribution >= 0.6 is 0 Å². The summed E-state index contributed by atoms with van der Waals surface area (Å²) in [6.07, 6.45) is 0. The number of para-hydroxylation sites is 2. The van der Waals surface area contributed by atoms with Gasteiger partial charge in [-0.3, -0.25) is 0 Å². The van der Waals surface area contributed by atoms with E-state index in [9.17, 15) is 15.8 Å². The molecule has 0 aliphatic rings. The van der Waals surface area contributed by atoms with E-state index in [4.69, 9.17) is 8.83 Å². The first-order valence-electron chi connectivity index (χ1n) is 18.8. The zero-order valence-corrected chi connectivity index (χ0v) is 30.5. The summed E-state index contributed by atoms with van der Waals surface area (Å²) in [6.45, 7) is 0. The Labute approximate surface area is 329 Å². The van der Waals surface area contributed by atoms with Crippen LogP contribution in [0, 0.1) is 34.0 Å². The van der Waals surface area contributed by atoms with E-state index in [0.29, 0.717) is 22.4 Å². The third-order valence-corrected chi connectivity index (χ3v) is 11.6. The minimum atomic E-state index is 0.412. The van der Waals surface area contributed by atoms with Gasteiger partial charge in [-0.15, -0.1) is 0 Å². The molecule has 0 fully saturated rings. The Morgan fingerprint density at radius 3 is 1.45 bits per heavy atom. The van der Waals surface area contributed by atoms with Crippen molar-refractivity contribution in [2.45, 2.75) is 0 Å². The average molecular weight is 740 g/mol. The molecule has 12 rings (SSSR count). The van der Waals surface area contributed by atoms with Gasteiger partial charge in [0.1, 0.15) is 28.4 Å². The van der Waals surface area contributed by atoms with Crippen LogP contribution in [-0.2, 0) is 0 Å². The number of aromatic nitrogens is 2. The molecule has 12 aromatic rings. The van der Waals surface area contributed by atoms with Gasteiger partial charge >= 0.3 is 0 Å². The second-order valence-electron chi connectivity index (χ2n) is 14.7. The van der Waals surface area contributed by atoms with E-state index < -0.39 is 0 Å². The highest BCUT2D eigenvalue weighted by Crippen LogP contribution is 2.43. The molecule has 0 atom stereocenters. The maximum atomic E-state index is 10.3. The van der Waals surface area contributed by atoms with Gasteiger partial charge in [-0.25, -0.2) is 0 Å². The van der Waals surface area contributed by atoms with Crippen LogP contribution < -0.4 is 0 Å². The van der Waals surface area contributed by atoms with Gasteiger partial charge in [-0.05, 0) is 102 Å². The summed E-state index contributed by atoms with van der Waals surface area (Å²) in [6, 6.07) is 57.6. The van der Waals surface area contributed by atoms with Crippen molar-refractivity contribution >= 4 is 87.5 Å². The number of nitriles is 3. The Balaban J connectivity index is 1.13. The van der Waals surface area contributed by atoms with Crippen LogP contribution in [0.15, 0.2) is 160 Å². The monoisotopic (exact) mass is 739 g/mol. The van der Waals surface area contributed by atoms with Crippen LogP contribution in [0.1, 0.15) is 16.7 Å². The van der Waals surface area contributed by atoms with E-state index in [1.54, 1.807) is 12.1 Å². The molecule has 0 N–H and O–H groups in total. The van der Waals surface area contributed by atoms with Crippen molar-refractivity contribution in [2.24, 2.45) is 0 Å². The SMILES string of the molecule is N#Cc1ccc(-n2c3ccc(-c4ccc5c(c4)c4cc6c(cc4n5-c4ccc(C#N)cc4C#N)oc4ccccc46)cc3c3cc4c(cc32)oc2ccccc24)cc1. The van der Waals surface area contributed by atoms with Gasteiger partial charge < -0.3 is 18.0 Å². The fraction of sp³-hybridized carbons (Fsp3) is 0. The van der Waals surface area contributed by atoms with E-state index >= 15 is 0 Å². The van der Waals surface area contributed by atoms with Crippen molar-refractivity contribution in [3.05, 3.63) is 168 Å².